The van der Waals surface area contributed by atoms with E-state index in [0.29, 0.717) is 12.5 Å². The monoisotopic (exact) mass is 213 g/mol. The number of hydrogen-bond donors (Lipinski definition) is 0. The van der Waals surface area contributed by atoms with Gasteiger partial charge in [-0.2, -0.15) is 0 Å². The van der Waals surface area contributed by atoms with Crippen LogP contribution in [0.5, 0.6) is 0 Å². The van der Waals surface area contributed by atoms with E-state index < -0.39 is 0 Å². The van der Waals surface area contributed by atoms with Crippen LogP contribution in [0.15, 0.2) is 0 Å². The summed E-state index contributed by atoms with van der Waals surface area (Å²) in [7, 11) is 0. The lowest BCUT2D eigenvalue weighted by Crippen LogP contribution is -2.42. The first-order chi connectivity index (χ1) is 7.11. The molecule has 88 valence electrons. The van der Waals surface area contributed by atoms with Crippen molar-refractivity contribution < 1.29 is 9.53 Å². The van der Waals surface area contributed by atoms with Crippen LogP contribution < -0.4 is 0 Å². The normalized spacial score (nSPS) is 19.3. The van der Waals surface area contributed by atoms with Crippen LogP contribution in [0.4, 0.5) is 0 Å². The van der Waals surface area contributed by atoms with Gasteiger partial charge in [-0.05, 0) is 32.1 Å². The molecule has 0 N–H and O–H groups in total. The summed E-state index contributed by atoms with van der Waals surface area (Å²) in [5, 5.41) is 0. The first-order valence-electron chi connectivity index (χ1n) is 6.01. The highest BCUT2D eigenvalue weighted by atomic mass is 16.5. The summed E-state index contributed by atoms with van der Waals surface area (Å²) < 4.78 is 5.53. The maximum Gasteiger partial charge on any atom is 0.251 e. The van der Waals surface area contributed by atoms with Crippen LogP contribution in [0.1, 0.15) is 40.0 Å². The van der Waals surface area contributed by atoms with Crippen molar-refractivity contribution in [3.05, 3.63) is 0 Å². The van der Waals surface area contributed by atoms with Crippen LogP contribution in [0.2, 0.25) is 0 Å². The summed E-state index contributed by atoms with van der Waals surface area (Å²) in [5.74, 6) is 0.650. The van der Waals surface area contributed by atoms with Gasteiger partial charge in [-0.25, -0.2) is 0 Å². The fourth-order valence-electron chi connectivity index (χ4n) is 1.78. The van der Waals surface area contributed by atoms with E-state index in [1.807, 2.05) is 11.8 Å². The van der Waals surface area contributed by atoms with Gasteiger partial charge in [0.2, 0.25) is 0 Å². The van der Waals surface area contributed by atoms with E-state index >= 15 is 0 Å². The highest BCUT2D eigenvalue weighted by molar-refractivity contribution is 5.80. The largest absolute Gasteiger partial charge is 0.368 e. The smallest absolute Gasteiger partial charge is 0.251 e. The zero-order valence-electron chi connectivity index (χ0n) is 10.2. The van der Waals surface area contributed by atoms with Gasteiger partial charge >= 0.3 is 0 Å². The number of carbonyl (C=O) groups excluding carboxylic acids is 1. The Labute approximate surface area is 92.8 Å². The Kier molecular flexibility index (Phi) is 5.09. The molecule has 1 saturated heterocycles. The number of rotatable bonds is 4. The number of nitrogens with zero attached hydrogens (tertiary/aromatic N) is 1. The van der Waals surface area contributed by atoms with Crippen molar-refractivity contribution in [3.8, 4) is 0 Å². The second kappa shape index (κ2) is 6.11. The summed E-state index contributed by atoms with van der Waals surface area (Å²) in [4.78, 5) is 13.9. The molecule has 15 heavy (non-hydrogen) atoms. The Balaban J connectivity index is 2.30. The zero-order chi connectivity index (χ0) is 11.3. The Hall–Kier alpha value is -0.570. The van der Waals surface area contributed by atoms with Crippen molar-refractivity contribution in [1.29, 1.82) is 0 Å². The lowest BCUT2D eigenvalue weighted by atomic mass is 10.1. The third-order valence-corrected chi connectivity index (χ3v) is 2.70. The molecular weight excluding hydrogens is 190 g/mol. The van der Waals surface area contributed by atoms with E-state index in [2.05, 4.69) is 13.8 Å². The van der Waals surface area contributed by atoms with Crippen LogP contribution in [0, 0.1) is 5.92 Å². The van der Waals surface area contributed by atoms with E-state index in [1.165, 1.54) is 6.42 Å². The van der Waals surface area contributed by atoms with Crippen molar-refractivity contribution >= 4 is 5.91 Å². The first-order valence-corrected chi connectivity index (χ1v) is 6.01. The van der Waals surface area contributed by atoms with Crippen LogP contribution in [0.25, 0.3) is 0 Å². The van der Waals surface area contributed by atoms with Gasteiger partial charge in [0.25, 0.3) is 5.91 Å². The molecule has 3 heteroatoms. The summed E-state index contributed by atoms with van der Waals surface area (Å²) in [6, 6.07) is 0. The number of likely N-dealkylation sites (tertiary alicyclic amines) is 1. The van der Waals surface area contributed by atoms with Gasteiger partial charge in [0.15, 0.2) is 0 Å². The SMILES string of the molecule is CC(C)CO[C@H](C)C(=O)N1CCCCC1. The van der Waals surface area contributed by atoms with Gasteiger partial charge in [-0.3, -0.25) is 4.79 Å². The molecule has 1 aliphatic rings. The van der Waals surface area contributed by atoms with E-state index in [0.717, 1.165) is 25.9 Å². The van der Waals surface area contributed by atoms with Crippen molar-refractivity contribution in [3.63, 3.8) is 0 Å². The van der Waals surface area contributed by atoms with Crippen molar-refractivity contribution in [2.45, 2.75) is 46.1 Å². The predicted octanol–water partition coefficient (Wildman–Crippen LogP) is 2.06. The van der Waals surface area contributed by atoms with Gasteiger partial charge in [0.05, 0.1) is 0 Å². The van der Waals surface area contributed by atoms with E-state index in [1.54, 1.807) is 0 Å². The van der Waals surface area contributed by atoms with Crippen LogP contribution in [0.3, 0.4) is 0 Å². The molecule has 0 bridgehead atoms. The Morgan fingerprint density at radius 2 is 1.80 bits per heavy atom. The number of amides is 1. The molecule has 1 fully saturated rings. The predicted molar refractivity (Wildman–Crippen MR) is 60.7 cm³/mol. The highest BCUT2D eigenvalue weighted by Crippen LogP contribution is 2.11. The minimum absolute atomic E-state index is 0.162. The van der Waals surface area contributed by atoms with Crippen molar-refractivity contribution in [2.75, 3.05) is 19.7 Å². The quantitative estimate of drug-likeness (QED) is 0.715. The summed E-state index contributed by atoms with van der Waals surface area (Å²) in [6.07, 6.45) is 3.27. The Morgan fingerprint density at radius 1 is 1.20 bits per heavy atom. The number of ether oxygens (including phenoxy) is 1. The molecule has 0 spiro atoms. The number of hydrogen-bond acceptors (Lipinski definition) is 2. The maximum atomic E-state index is 11.9. The Morgan fingerprint density at radius 3 is 2.33 bits per heavy atom. The number of piperidine rings is 1. The fraction of sp³-hybridized carbons (Fsp3) is 0.917. The number of carbonyl (C=O) groups is 1. The van der Waals surface area contributed by atoms with Crippen molar-refractivity contribution in [2.24, 2.45) is 5.92 Å². The molecule has 0 aromatic carbocycles. The summed E-state index contributed by atoms with van der Waals surface area (Å²) in [5.41, 5.74) is 0. The summed E-state index contributed by atoms with van der Waals surface area (Å²) in [6.45, 7) is 8.54. The van der Waals surface area contributed by atoms with Crippen LogP contribution in [-0.4, -0.2) is 36.6 Å². The fourth-order valence-corrected chi connectivity index (χ4v) is 1.78. The molecule has 0 aliphatic carbocycles. The molecule has 3 nitrogen and oxygen atoms in total. The molecule has 0 unspecified atom stereocenters. The van der Waals surface area contributed by atoms with Gasteiger partial charge in [0.1, 0.15) is 6.10 Å². The van der Waals surface area contributed by atoms with E-state index in [9.17, 15) is 4.79 Å². The molecule has 0 saturated carbocycles. The minimum Gasteiger partial charge on any atom is -0.368 e. The molecular formula is C12H23NO2. The van der Waals surface area contributed by atoms with Crippen LogP contribution >= 0.6 is 0 Å². The molecule has 0 aromatic heterocycles. The van der Waals surface area contributed by atoms with Gasteiger partial charge in [0, 0.05) is 19.7 Å². The lowest BCUT2D eigenvalue weighted by Gasteiger charge is -2.29. The average molecular weight is 213 g/mol. The van der Waals surface area contributed by atoms with Crippen molar-refractivity contribution in [1.82, 2.24) is 4.90 Å². The highest BCUT2D eigenvalue weighted by Gasteiger charge is 2.22. The maximum absolute atomic E-state index is 11.9. The van der Waals surface area contributed by atoms with Gasteiger partial charge < -0.3 is 9.64 Å². The topological polar surface area (TPSA) is 29.5 Å². The third-order valence-electron chi connectivity index (χ3n) is 2.70. The van der Waals surface area contributed by atoms with Gasteiger partial charge in [-0.1, -0.05) is 13.8 Å². The molecule has 0 radical (unpaired) electrons. The molecule has 1 aliphatic heterocycles. The molecule has 1 atom stereocenters. The molecule has 1 amide bonds. The van der Waals surface area contributed by atoms with E-state index in [-0.39, 0.29) is 12.0 Å². The third kappa shape index (κ3) is 4.20. The second-order valence-corrected chi connectivity index (χ2v) is 4.76. The average Bonchev–Trinajstić information content (AvgIpc) is 2.26. The standard InChI is InChI=1S/C12H23NO2/c1-10(2)9-15-11(3)12(14)13-7-5-4-6-8-13/h10-11H,4-9H2,1-3H3/t11-/m1/s1. The van der Waals surface area contributed by atoms with Crippen LogP contribution in [-0.2, 0) is 9.53 Å². The first kappa shape index (κ1) is 12.5. The minimum atomic E-state index is -0.273. The summed E-state index contributed by atoms with van der Waals surface area (Å²) >= 11 is 0. The lowest BCUT2D eigenvalue weighted by molar-refractivity contribution is -0.144. The van der Waals surface area contributed by atoms with Gasteiger partial charge in [-0.15, -0.1) is 0 Å². The molecule has 1 rings (SSSR count). The second-order valence-electron chi connectivity index (χ2n) is 4.76. The zero-order valence-corrected chi connectivity index (χ0v) is 10.2. The molecule has 1 heterocycles. The van der Waals surface area contributed by atoms with E-state index in [4.69, 9.17) is 4.74 Å². The Bertz CT molecular complexity index is 198. The molecule has 0 aromatic rings.